The van der Waals surface area contributed by atoms with Crippen LogP contribution in [0.4, 0.5) is 0 Å². The van der Waals surface area contributed by atoms with Crippen molar-refractivity contribution in [3.05, 3.63) is 53.6 Å². The van der Waals surface area contributed by atoms with Gasteiger partial charge in [-0.2, -0.15) is 0 Å². The van der Waals surface area contributed by atoms with Gasteiger partial charge in [0, 0.05) is 68.6 Å². The molecule has 0 spiro atoms. The molecule has 4 aromatic rings. The fourth-order valence-corrected chi connectivity index (χ4v) is 6.04. The normalized spacial score (nSPS) is 19.0. The molecule has 0 amide bonds. The van der Waals surface area contributed by atoms with Crippen LogP contribution in [0.5, 0.6) is 0 Å². The number of hydrogen-bond donors (Lipinski definition) is 1. The second-order valence-corrected chi connectivity index (χ2v) is 11.4. The van der Waals surface area contributed by atoms with Crippen LogP contribution < -0.4 is 0 Å². The highest BCUT2D eigenvalue weighted by atomic mass is 15.2. The smallest absolute Gasteiger partial charge is 0.0965 e. The second-order valence-electron chi connectivity index (χ2n) is 11.4. The SMILES string of the molecule is CN1CCN(CCCc2ccc3nc4c(cc3c2)[nH]c2ccc(CCCN3CCN(C)CC3)cc24)CC1. The van der Waals surface area contributed by atoms with Gasteiger partial charge in [-0.1, -0.05) is 12.1 Å². The number of rotatable bonds is 8. The molecule has 37 heavy (non-hydrogen) atoms. The molecule has 0 radical (unpaired) electrons. The molecule has 6 rings (SSSR count). The van der Waals surface area contributed by atoms with Crippen LogP contribution in [0.15, 0.2) is 42.5 Å². The van der Waals surface area contributed by atoms with E-state index >= 15 is 0 Å². The van der Waals surface area contributed by atoms with Gasteiger partial charge in [0.2, 0.25) is 0 Å². The first-order chi connectivity index (χ1) is 18.1. The van der Waals surface area contributed by atoms with Crippen molar-refractivity contribution in [3.8, 4) is 0 Å². The third-order valence-electron chi connectivity index (χ3n) is 8.56. The Morgan fingerprint density at radius 2 is 1.27 bits per heavy atom. The summed E-state index contributed by atoms with van der Waals surface area (Å²) < 4.78 is 0. The molecule has 4 heterocycles. The molecule has 0 aliphatic carbocycles. The number of nitrogens with one attached hydrogen (secondary N) is 1. The molecule has 2 aliphatic rings. The number of aromatic amines is 1. The van der Waals surface area contributed by atoms with Crippen LogP contribution >= 0.6 is 0 Å². The molecular weight excluding hydrogens is 456 g/mol. The van der Waals surface area contributed by atoms with Crippen molar-refractivity contribution in [3.63, 3.8) is 0 Å². The summed E-state index contributed by atoms with van der Waals surface area (Å²) in [7, 11) is 4.44. The van der Waals surface area contributed by atoms with Crippen molar-refractivity contribution in [1.82, 2.24) is 29.6 Å². The maximum atomic E-state index is 5.11. The zero-order valence-corrected chi connectivity index (χ0v) is 22.7. The van der Waals surface area contributed by atoms with Crippen molar-refractivity contribution in [2.45, 2.75) is 25.7 Å². The Labute approximate surface area is 221 Å². The van der Waals surface area contributed by atoms with E-state index in [1.54, 1.807) is 0 Å². The van der Waals surface area contributed by atoms with E-state index < -0.39 is 0 Å². The standard InChI is InChI=1S/C31H42N6/c1-34-13-17-36(18-14-34)11-3-5-24-7-9-28-26(21-24)23-30-31(33-28)27-22-25(8-10-29(27)32-30)6-4-12-37-19-15-35(2)16-20-37/h7-10,21-23,32H,3-6,11-20H2,1-2H3. The molecule has 1 N–H and O–H groups in total. The topological polar surface area (TPSA) is 41.6 Å². The van der Waals surface area contributed by atoms with Crippen LogP contribution in [0.1, 0.15) is 24.0 Å². The summed E-state index contributed by atoms with van der Waals surface area (Å²) in [4.78, 5) is 18.8. The molecule has 0 bridgehead atoms. The quantitative estimate of drug-likeness (QED) is 0.394. The highest BCUT2D eigenvalue weighted by Gasteiger charge is 2.15. The number of H-pyrrole nitrogens is 1. The van der Waals surface area contributed by atoms with E-state index in [1.165, 1.54) is 106 Å². The van der Waals surface area contributed by atoms with E-state index in [0.717, 1.165) is 29.4 Å². The summed E-state index contributed by atoms with van der Waals surface area (Å²) in [5.41, 5.74) is 7.37. The molecule has 6 nitrogen and oxygen atoms in total. The van der Waals surface area contributed by atoms with Gasteiger partial charge in [-0.05, 0) is 94.3 Å². The summed E-state index contributed by atoms with van der Waals surface area (Å²) >= 11 is 0. The van der Waals surface area contributed by atoms with Crippen LogP contribution in [0.25, 0.3) is 32.8 Å². The number of nitrogens with zero attached hydrogens (tertiary/aromatic N) is 5. The minimum atomic E-state index is 1.09. The summed E-state index contributed by atoms with van der Waals surface area (Å²) in [6.45, 7) is 12.0. The van der Waals surface area contributed by atoms with Gasteiger partial charge in [0.1, 0.15) is 0 Å². The number of aromatic nitrogens is 2. The maximum absolute atomic E-state index is 5.11. The van der Waals surface area contributed by atoms with Gasteiger partial charge >= 0.3 is 0 Å². The Bertz CT molecular complexity index is 1340. The Morgan fingerprint density at radius 3 is 1.92 bits per heavy atom. The molecule has 0 unspecified atom stereocenters. The number of pyridine rings is 1. The third kappa shape index (κ3) is 5.83. The minimum Gasteiger partial charge on any atom is -0.353 e. The fraction of sp³-hybridized carbons (Fsp3) is 0.516. The molecule has 2 saturated heterocycles. The number of likely N-dealkylation sites (N-methyl/N-ethyl adjacent to an activating group) is 2. The van der Waals surface area contributed by atoms with E-state index in [9.17, 15) is 0 Å². The third-order valence-corrected chi connectivity index (χ3v) is 8.56. The van der Waals surface area contributed by atoms with Gasteiger partial charge in [0.05, 0.1) is 16.6 Å². The van der Waals surface area contributed by atoms with Crippen molar-refractivity contribution in [2.24, 2.45) is 0 Å². The van der Waals surface area contributed by atoms with E-state index in [4.69, 9.17) is 4.98 Å². The number of piperazine rings is 2. The Balaban J connectivity index is 1.12. The summed E-state index contributed by atoms with van der Waals surface area (Å²) in [6, 6.07) is 16.1. The van der Waals surface area contributed by atoms with Crippen molar-refractivity contribution in [1.29, 1.82) is 0 Å². The van der Waals surface area contributed by atoms with Gasteiger partial charge in [-0.25, -0.2) is 4.98 Å². The molecule has 6 heteroatoms. The monoisotopic (exact) mass is 498 g/mol. The Hall–Kier alpha value is -2.51. The van der Waals surface area contributed by atoms with Crippen LogP contribution in [-0.4, -0.2) is 109 Å². The molecule has 2 aliphatic heterocycles. The summed E-state index contributed by atoms with van der Waals surface area (Å²) in [5.74, 6) is 0. The highest BCUT2D eigenvalue weighted by molar-refractivity contribution is 6.08. The number of fused-ring (bicyclic) bond motifs is 4. The lowest BCUT2D eigenvalue weighted by atomic mass is 10.0. The zero-order valence-electron chi connectivity index (χ0n) is 22.7. The number of hydrogen-bond acceptors (Lipinski definition) is 5. The van der Waals surface area contributed by atoms with Crippen LogP contribution in [0.2, 0.25) is 0 Å². The second kappa shape index (κ2) is 11.1. The summed E-state index contributed by atoms with van der Waals surface area (Å²) in [6.07, 6.45) is 4.69. The van der Waals surface area contributed by atoms with Gasteiger partial charge in [-0.15, -0.1) is 0 Å². The molecule has 2 fully saturated rings. The minimum absolute atomic E-state index is 1.09. The van der Waals surface area contributed by atoms with Crippen molar-refractivity contribution >= 4 is 32.8 Å². The molecular formula is C31H42N6. The first-order valence-electron chi connectivity index (χ1n) is 14.3. The molecule has 2 aromatic carbocycles. The molecule has 0 saturated carbocycles. The van der Waals surface area contributed by atoms with Gasteiger partial charge in [0.25, 0.3) is 0 Å². The molecule has 196 valence electrons. The Morgan fingerprint density at radius 1 is 0.676 bits per heavy atom. The fourth-order valence-electron chi connectivity index (χ4n) is 6.04. The van der Waals surface area contributed by atoms with Crippen LogP contribution in [-0.2, 0) is 12.8 Å². The van der Waals surface area contributed by atoms with Gasteiger partial charge in [0.15, 0.2) is 0 Å². The average Bonchev–Trinajstić information content (AvgIpc) is 3.26. The first-order valence-corrected chi connectivity index (χ1v) is 14.3. The first kappa shape index (κ1) is 24.8. The van der Waals surface area contributed by atoms with Crippen molar-refractivity contribution in [2.75, 3.05) is 79.5 Å². The predicted octanol–water partition coefficient (Wildman–Crippen LogP) is 4.23. The number of aryl methyl sites for hydroxylation is 2. The van der Waals surface area contributed by atoms with E-state index in [1.807, 2.05) is 0 Å². The van der Waals surface area contributed by atoms with Gasteiger partial charge in [-0.3, -0.25) is 0 Å². The van der Waals surface area contributed by atoms with Crippen LogP contribution in [0, 0.1) is 0 Å². The lowest BCUT2D eigenvalue weighted by molar-refractivity contribution is 0.153. The highest BCUT2D eigenvalue weighted by Crippen LogP contribution is 2.28. The molecule has 2 aromatic heterocycles. The Kier molecular flexibility index (Phi) is 7.43. The van der Waals surface area contributed by atoms with Gasteiger partial charge < -0.3 is 24.6 Å². The molecule has 0 atom stereocenters. The largest absolute Gasteiger partial charge is 0.353 e. The average molecular weight is 499 g/mol. The van der Waals surface area contributed by atoms with Crippen LogP contribution in [0.3, 0.4) is 0 Å². The summed E-state index contributed by atoms with van der Waals surface area (Å²) in [5, 5.41) is 2.49. The van der Waals surface area contributed by atoms with E-state index in [0.29, 0.717) is 0 Å². The van der Waals surface area contributed by atoms with E-state index in [-0.39, 0.29) is 0 Å². The lowest BCUT2D eigenvalue weighted by Crippen LogP contribution is -2.44. The maximum Gasteiger partial charge on any atom is 0.0965 e. The zero-order chi connectivity index (χ0) is 25.2. The van der Waals surface area contributed by atoms with E-state index in [2.05, 4.69) is 81.1 Å². The predicted molar refractivity (Wildman–Crippen MR) is 156 cm³/mol. The number of benzene rings is 2. The van der Waals surface area contributed by atoms with Crippen molar-refractivity contribution < 1.29 is 0 Å². The lowest BCUT2D eigenvalue weighted by Gasteiger charge is -2.32.